The zero-order valence-corrected chi connectivity index (χ0v) is 14.1. The molecule has 1 aliphatic rings. The van der Waals surface area contributed by atoms with Gasteiger partial charge in [-0.1, -0.05) is 36.0 Å². The molecule has 1 heterocycles. The standard InChI is InChI=1S/C15H12BrCl2FN2/c16-12-13(8-3-1-2-4-8)20-15(21-14(12)18)9-5-6-11(19)10(17)7-9/h5-8H,1-4H2. The second-order valence-corrected chi connectivity index (χ2v) is 6.71. The highest BCUT2D eigenvalue weighted by Gasteiger charge is 2.24. The van der Waals surface area contributed by atoms with E-state index in [-0.39, 0.29) is 5.02 Å². The van der Waals surface area contributed by atoms with Gasteiger partial charge in [-0.15, -0.1) is 0 Å². The SMILES string of the molecule is Fc1ccc(-c2nc(Cl)c(Br)c(C3CCCC3)n2)cc1Cl. The van der Waals surface area contributed by atoms with Crippen LogP contribution in [0.15, 0.2) is 22.7 Å². The summed E-state index contributed by atoms with van der Waals surface area (Å²) in [5.74, 6) is 0.418. The maximum Gasteiger partial charge on any atom is 0.161 e. The molecule has 0 amide bonds. The molecular weight excluding hydrogens is 378 g/mol. The minimum atomic E-state index is -0.459. The smallest absolute Gasteiger partial charge is 0.161 e. The number of hydrogen-bond donors (Lipinski definition) is 0. The lowest BCUT2D eigenvalue weighted by molar-refractivity contribution is 0.628. The van der Waals surface area contributed by atoms with Crippen molar-refractivity contribution < 1.29 is 4.39 Å². The molecule has 1 aliphatic carbocycles. The van der Waals surface area contributed by atoms with Crippen molar-refractivity contribution in [3.8, 4) is 11.4 Å². The van der Waals surface area contributed by atoms with Gasteiger partial charge in [0.2, 0.25) is 0 Å². The monoisotopic (exact) mass is 388 g/mol. The van der Waals surface area contributed by atoms with Crippen molar-refractivity contribution in [3.63, 3.8) is 0 Å². The number of aromatic nitrogens is 2. The molecule has 0 aliphatic heterocycles. The van der Waals surface area contributed by atoms with Crippen LogP contribution in [0.5, 0.6) is 0 Å². The number of nitrogens with zero attached hydrogens (tertiary/aromatic N) is 2. The van der Waals surface area contributed by atoms with E-state index in [1.54, 1.807) is 6.07 Å². The first-order valence-electron chi connectivity index (χ1n) is 6.74. The number of rotatable bonds is 2. The molecule has 21 heavy (non-hydrogen) atoms. The fraction of sp³-hybridized carbons (Fsp3) is 0.333. The number of benzene rings is 1. The Morgan fingerprint density at radius 3 is 2.52 bits per heavy atom. The van der Waals surface area contributed by atoms with Crippen LogP contribution in [0.25, 0.3) is 11.4 Å². The molecule has 0 unspecified atom stereocenters. The lowest BCUT2D eigenvalue weighted by Gasteiger charge is -2.13. The molecule has 1 aromatic heterocycles. The minimum Gasteiger partial charge on any atom is -0.231 e. The van der Waals surface area contributed by atoms with Crippen LogP contribution in [0, 0.1) is 5.82 Å². The summed E-state index contributed by atoms with van der Waals surface area (Å²) >= 11 is 15.5. The molecular formula is C15H12BrCl2FN2. The summed E-state index contributed by atoms with van der Waals surface area (Å²) in [5, 5.41) is 0.430. The van der Waals surface area contributed by atoms with Gasteiger partial charge in [0.25, 0.3) is 0 Å². The van der Waals surface area contributed by atoms with Gasteiger partial charge >= 0.3 is 0 Å². The first-order chi connectivity index (χ1) is 10.1. The normalized spacial score (nSPS) is 15.6. The van der Waals surface area contributed by atoms with Crippen LogP contribution in [0.2, 0.25) is 10.2 Å². The van der Waals surface area contributed by atoms with Gasteiger partial charge in [0.1, 0.15) is 11.0 Å². The third kappa shape index (κ3) is 3.08. The van der Waals surface area contributed by atoms with Crippen molar-refractivity contribution in [3.05, 3.63) is 44.4 Å². The molecule has 2 nitrogen and oxygen atoms in total. The lowest BCUT2D eigenvalue weighted by Crippen LogP contribution is -2.03. The lowest BCUT2D eigenvalue weighted by atomic mass is 10.0. The highest BCUT2D eigenvalue weighted by Crippen LogP contribution is 2.39. The van der Waals surface area contributed by atoms with Crippen molar-refractivity contribution in [2.75, 3.05) is 0 Å². The fourth-order valence-electron chi connectivity index (χ4n) is 2.67. The molecule has 0 spiro atoms. The van der Waals surface area contributed by atoms with Crippen LogP contribution in [-0.4, -0.2) is 9.97 Å². The Kier molecular flexibility index (Phi) is 4.48. The number of hydrogen-bond acceptors (Lipinski definition) is 2. The summed E-state index contributed by atoms with van der Waals surface area (Å²) < 4.78 is 14.0. The Labute approximate surface area is 140 Å². The molecule has 0 atom stereocenters. The summed E-state index contributed by atoms with van der Waals surface area (Å²) in [4.78, 5) is 8.90. The molecule has 1 fully saturated rings. The van der Waals surface area contributed by atoms with E-state index in [1.807, 2.05) is 0 Å². The average Bonchev–Trinajstić information content (AvgIpc) is 2.98. The zero-order valence-electron chi connectivity index (χ0n) is 11.0. The summed E-state index contributed by atoms with van der Waals surface area (Å²) in [6.45, 7) is 0. The van der Waals surface area contributed by atoms with E-state index in [2.05, 4.69) is 25.9 Å². The van der Waals surface area contributed by atoms with Gasteiger partial charge in [0.15, 0.2) is 5.82 Å². The van der Waals surface area contributed by atoms with E-state index in [4.69, 9.17) is 23.2 Å². The average molecular weight is 390 g/mol. The summed E-state index contributed by atoms with van der Waals surface area (Å²) in [5.41, 5.74) is 1.60. The minimum absolute atomic E-state index is 0.0533. The van der Waals surface area contributed by atoms with Gasteiger partial charge in [-0.2, -0.15) is 0 Å². The summed E-state index contributed by atoms with van der Waals surface area (Å²) in [6.07, 6.45) is 4.62. The van der Waals surface area contributed by atoms with Crippen molar-refractivity contribution in [2.45, 2.75) is 31.6 Å². The highest BCUT2D eigenvalue weighted by molar-refractivity contribution is 9.10. The Morgan fingerprint density at radius 2 is 1.86 bits per heavy atom. The molecule has 2 aromatic rings. The largest absolute Gasteiger partial charge is 0.231 e. The van der Waals surface area contributed by atoms with E-state index < -0.39 is 5.82 Å². The predicted octanol–water partition coefficient (Wildman–Crippen LogP) is 6.01. The van der Waals surface area contributed by atoms with Gasteiger partial charge in [0.05, 0.1) is 15.2 Å². The molecule has 0 radical (unpaired) electrons. The maximum absolute atomic E-state index is 13.3. The first-order valence-corrected chi connectivity index (χ1v) is 8.29. The Hall–Kier alpha value is -0.710. The van der Waals surface area contributed by atoms with Crippen LogP contribution >= 0.6 is 39.1 Å². The molecule has 110 valence electrons. The van der Waals surface area contributed by atoms with E-state index in [9.17, 15) is 4.39 Å². The Bertz CT molecular complexity index is 688. The van der Waals surface area contributed by atoms with Crippen LogP contribution in [0.3, 0.4) is 0 Å². The van der Waals surface area contributed by atoms with E-state index in [0.717, 1.165) is 23.0 Å². The fourth-order valence-corrected chi connectivity index (χ4v) is 3.53. The van der Waals surface area contributed by atoms with Crippen LogP contribution in [-0.2, 0) is 0 Å². The molecule has 0 saturated heterocycles. The van der Waals surface area contributed by atoms with Crippen molar-refractivity contribution in [1.82, 2.24) is 9.97 Å². The van der Waals surface area contributed by atoms with E-state index >= 15 is 0 Å². The van der Waals surface area contributed by atoms with Crippen LogP contribution in [0.1, 0.15) is 37.3 Å². The molecule has 6 heteroatoms. The summed E-state index contributed by atoms with van der Waals surface area (Å²) in [7, 11) is 0. The quantitative estimate of drug-likeness (QED) is 0.587. The van der Waals surface area contributed by atoms with Crippen molar-refractivity contribution >= 4 is 39.1 Å². The third-order valence-corrected chi connectivity index (χ3v) is 5.33. The van der Waals surface area contributed by atoms with Crippen LogP contribution < -0.4 is 0 Å². The second kappa shape index (κ2) is 6.19. The third-order valence-electron chi connectivity index (χ3n) is 3.76. The Balaban J connectivity index is 2.08. The van der Waals surface area contributed by atoms with E-state index in [0.29, 0.717) is 22.5 Å². The van der Waals surface area contributed by atoms with Gasteiger partial charge in [-0.25, -0.2) is 14.4 Å². The second-order valence-electron chi connectivity index (χ2n) is 5.15. The molecule has 0 N–H and O–H groups in total. The topological polar surface area (TPSA) is 25.8 Å². The predicted molar refractivity (Wildman–Crippen MR) is 86.4 cm³/mol. The van der Waals surface area contributed by atoms with Crippen molar-refractivity contribution in [1.29, 1.82) is 0 Å². The highest BCUT2D eigenvalue weighted by atomic mass is 79.9. The van der Waals surface area contributed by atoms with Gasteiger partial charge in [-0.05, 0) is 47.0 Å². The molecule has 3 rings (SSSR count). The Morgan fingerprint density at radius 1 is 1.14 bits per heavy atom. The summed E-state index contributed by atoms with van der Waals surface area (Å²) in [6, 6.07) is 4.44. The van der Waals surface area contributed by atoms with Crippen molar-refractivity contribution in [2.24, 2.45) is 0 Å². The molecule has 1 saturated carbocycles. The molecule has 0 bridgehead atoms. The zero-order chi connectivity index (χ0) is 15.0. The molecule has 1 aromatic carbocycles. The van der Waals surface area contributed by atoms with Gasteiger partial charge in [0, 0.05) is 11.5 Å². The van der Waals surface area contributed by atoms with E-state index in [1.165, 1.54) is 25.0 Å². The van der Waals surface area contributed by atoms with Gasteiger partial charge in [-0.3, -0.25) is 0 Å². The van der Waals surface area contributed by atoms with Crippen LogP contribution in [0.4, 0.5) is 4.39 Å². The maximum atomic E-state index is 13.3. The number of halogens is 4. The van der Waals surface area contributed by atoms with Gasteiger partial charge < -0.3 is 0 Å². The first kappa shape index (κ1) is 15.2.